The summed E-state index contributed by atoms with van der Waals surface area (Å²) in [5, 5.41) is 18.8. The molecule has 1 rings (SSSR count). The van der Waals surface area contributed by atoms with Crippen molar-refractivity contribution >= 4 is 0 Å². The average molecular weight is 237 g/mol. The van der Waals surface area contributed by atoms with Gasteiger partial charge in [0.25, 0.3) is 5.56 Å². The first-order valence-electron chi connectivity index (χ1n) is 5.42. The molecule has 0 radical (unpaired) electrons. The lowest BCUT2D eigenvalue weighted by molar-refractivity contribution is 0.0138. The van der Waals surface area contributed by atoms with Gasteiger partial charge in [-0.25, -0.2) is 4.79 Å². The van der Waals surface area contributed by atoms with Crippen molar-refractivity contribution in [2.75, 3.05) is 0 Å². The van der Waals surface area contributed by atoms with Crippen LogP contribution in [0.1, 0.15) is 32.3 Å². The fourth-order valence-corrected chi connectivity index (χ4v) is 1.50. The third-order valence-corrected chi connectivity index (χ3v) is 2.91. The summed E-state index contributed by atoms with van der Waals surface area (Å²) in [7, 11) is 0. The van der Waals surface area contributed by atoms with E-state index >= 15 is 0 Å². The number of hydrogen-bond acceptors (Lipinski definition) is 4. The molecule has 0 aliphatic carbocycles. The average Bonchev–Trinajstić information content (AvgIpc) is 2.32. The fraction of sp³-hybridized carbons (Fsp3) is 0.545. The molecule has 0 bridgehead atoms. The van der Waals surface area contributed by atoms with Gasteiger partial charge in [0.05, 0.1) is 12.1 Å². The Morgan fingerprint density at radius 2 is 2.06 bits per heavy atom. The standard InChI is InChI=1S/C11H15N3O3/c1-3-11(17,4-2)7-14-6-8(5-12)9(15)13-10(14)16/h6,17H,3-4,7H2,1-2H3,(H,13,15,16). The highest BCUT2D eigenvalue weighted by atomic mass is 16.3. The van der Waals surface area contributed by atoms with Gasteiger partial charge in [-0.3, -0.25) is 14.3 Å². The van der Waals surface area contributed by atoms with Crippen LogP contribution in [0.2, 0.25) is 0 Å². The Morgan fingerprint density at radius 1 is 1.47 bits per heavy atom. The Labute approximate surface area is 98.1 Å². The normalized spacial score (nSPS) is 11.2. The van der Waals surface area contributed by atoms with Crippen molar-refractivity contribution in [1.82, 2.24) is 9.55 Å². The van der Waals surface area contributed by atoms with Crippen LogP contribution in [0.15, 0.2) is 15.8 Å². The molecule has 0 aromatic carbocycles. The van der Waals surface area contributed by atoms with Gasteiger partial charge < -0.3 is 5.11 Å². The molecule has 0 amide bonds. The maximum atomic E-state index is 11.5. The highest BCUT2D eigenvalue weighted by Crippen LogP contribution is 2.16. The zero-order chi connectivity index (χ0) is 13.1. The van der Waals surface area contributed by atoms with Crippen molar-refractivity contribution in [3.05, 3.63) is 32.6 Å². The number of nitrogens with one attached hydrogen (secondary N) is 1. The molecule has 0 unspecified atom stereocenters. The van der Waals surface area contributed by atoms with Gasteiger partial charge in [0.1, 0.15) is 11.6 Å². The maximum absolute atomic E-state index is 11.5. The smallest absolute Gasteiger partial charge is 0.328 e. The van der Waals surface area contributed by atoms with E-state index in [0.29, 0.717) is 12.8 Å². The third-order valence-electron chi connectivity index (χ3n) is 2.91. The largest absolute Gasteiger partial charge is 0.388 e. The highest BCUT2D eigenvalue weighted by molar-refractivity contribution is 5.21. The molecule has 17 heavy (non-hydrogen) atoms. The van der Waals surface area contributed by atoms with Crippen molar-refractivity contribution in [3.8, 4) is 6.07 Å². The fourth-order valence-electron chi connectivity index (χ4n) is 1.50. The summed E-state index contributed by atoms with van der Waals surface area (Å²) in [6, 6.07) is 1.70. The highest BCUT2D eigenvalue weighted by Gasteiger charge is 2.23. The SMILES string of the molecule is CCC(O)(CC)Cn1cc(C#N)c(=O)[nH]c1=O. The molecule has 0 atom stereocenters. The molecule has 1 heterocycles. The van der Waals surface area contributed by atoms with E-state index in [1.54, 1.807) is 6.07 Å². The van der Waals surface area contributed by atoms with Gasteiger partial charge in [-0.15, -0.1) is 0 Å². The summed E-state index contributed by atoms with van der Waals surface area (Å²) in [5.41, 5.74) is -2.46. The molecule has 0 saturated carbocycles. The number of aliphatic hydroxyl groups is 1. The molecule has 92 valence electrons. The molecular weight excluding hydrogens is 222 g/mol. The van der Waals surface area contributed by atoms with Crippen LogP contribution in [-0.2, 0) is 6.54 Å². The van der Waals surface area contributed by atoms with Crippen molar-refractivity contribution in [2.24, 2.45) is 0 Å². The van der Waals surface area contributed by atoms with E-state index < -0.39 is 16.9 Å². The number of nitriles is 1. The maximum Gasteiger partial charge on any atom is 0.328 e. The Morgan fingerprint density at radius 3 is 2.53 bits per heavy atom. The van der Waals surface area contributed by atoms with Crippen LogP contribution < -0.4 is 11.2 Å². The zero-order valence-electron chi connectivity index (χ0n) is 9.86. The van der Waals surface area contributed by atoms with Crippen LogP contribution in [-0.4, -0.2) is 20.3 Å². The Balaban J connectivity index is 3.21. The van der Waals surface area contributed by atoms with Crippen molar-refractivity contribution in [1.29, 1.82) is 5.26 Å². The summed E-state index contributed by atoms with van der Waals surface area (Å²) in [5.74, 6) is 0. The minimum atomic E-state index is -1.01. The molecule has 2 N–H and O–H groups in total. The van der Waals surface area contributed by atoms with Gasteiger partial charge in [-0.1, -0.05) is 13.8 Å². The lowest BCUT2D eigenvalue weighted by Crippen LogP contribution is -2.40. The summed E-state index contributed by atoms with van der Waals surface area (Å²) in [6.45, 7) is 3.68. The second kappa shape index (κ2) is 4.97. The first kappa shape index (κ1) is 13.2. The topological polar surface area (TPSA) is 98.9 Å². The van der Waals surface area contributed by atoms with E-state index in [9.17, 15) is 14.7 Å². The minimum Gasteiger partial charge on any atom is -0.388 e. The quantitative estimate of drug-likeness (QED) is 0.767. The molecule has 0 aliphatic heterocycles. The van der Waals surface area contributed by atoms with Crippen LogP contribution in [0, 0.1) is 11.3 Å². The summed E-state index contributed by atoms with van der Waals surface area (Å²) < 4.78 is 1.16. The number of H-pyrrole nitrogens is 1. The summed E-state index contributed by atoms with van der Waals surface area (Å²) in [6.07, 6.45) is 2.14. The summed E-state index contributed by atoms with van der Waals surface area (Å²) >= 11 is 0. The molecule has 6 nitrogen and oxygen atoms in total. The van der Waals surface area contributed by atoms with Gasteiger partial charge in [0, 0.05) is 6.20 Å². The molecule has 0 spiro atoms. The predicted molar refractivity (Wildman–Crippen MR) is 61.6 cm³/mol. The first-order chi connectivity index (χ1) is 7.95. The van der Waals surface area contributed by atoms with Crippen LogP contribution in [0.25, 0.3) is 0 Å². The number of rotatable bonds is 4. The van der Waals surface area contributed by atoms with Crippen LogP contribution in [0.3, 0.4) is 0 Å². The van der Waals surface area contributed by atoms with Gasteiger partial charge >= 0.3 is 5.69 Å². The molecule has 0 aliphatic rings. The lowest BCUT2D eigenvalue weighted by atomic mass is 9.97. The monoisotopic (exact) mass is 237 g/mol. The Bertz CT molecular complexity index is 546. The van der Waals surface area contributed by atoms with Crippen molar-refractivity contribution in [2.45, 2.75) is 38.8 Å². The molecule has 6 heteroatoms. The van der Waals surface area contributed by atoms with Gasteiger partial charge in [-0.2, -0.15) is 5.26 Å². The first-order valence-corrected chi connectivity index (χ1v) is 5.42. The van der Waals surface area contributed by atoms with E-state index in [-0.39, 0.29) is 12.1 Å². The van der Waals surface area contributed by atoms with Crippen LogP contribution in [0.4, 0.5) is 0 Å². The van der Waals surface area contributed by atoms with E-state index in [2.05, 4.69) is 0 Å². The Kier molecular flexibility index (Phi) is 3.86. The number of aromatic nitrogens is 2. The number of nitrogens with zero attached hydrogens (tertiary/aromatic N) is 2. The van der Waals surface area contributed by atoms with E-state index in [1.165, 1.54) is 6.20 Å². The van der Waals surface area contributed by atoms with Gasteiger partial charge in [-0.05, 0) is 12.8 Å². The van der Waals surface area contributed by atoms with Crippen molar-refractivity contribution < 1.29 is 5.11 Å². The molecule has 1 aromatic rings. The predicted octanol–water partition coefficient (Wildman–Crippen LogP) is -0.0406. The Hall–Kier alpha value is -1.87. The zero-order valence-corrected chi connectivity index (χ0v) is 9.86. The molecule has 0 fully saturated rings. The number of aromatic amines is 1. The second-order valence-corrected chi connectivity index (χ2v) is 3.97. The van der Waals surface area contributed by atoms with Crippen molar-refractivity contribution in [3.63, 3.8) is 0 Å². The summed E-state index contributed by atoms with van der Waals surface area (Å²) in [4.78, 5) is 24.7. The van der Waals surface area contributed by atoms with E-state index in [4.69, 9.17) is 5.26 Å². The second-order valence-electron chi connectivity index (χ2n) is 3.97. The van der Waals surface area contributed by atoms with Gasteiger partial charge in [0.2, 0.25) is 0 Å². The van der Waals surface area contributed by atoms with Crippen LogP contribution >= 0.6 is 0 Å². The molecular formula is C11H15N3O3. The molecule has 0 saturated heterocycles. The van der Waals surface area contributed by atoms with Gasteiger partial charge in [0.15, 0.2) is 0 Å². The van der Waals surface area contributed by atoms with E-state index in [0.717, 1.165) is 4.57 Å². The van der Waals surface area contributed by atoms with Crippen LogP contribution in [0.5, 0.6) is 0 Å². The lowest BCUT2D eigenvalue weighted by Gasteiger charge is -2.25. The molecule has 1 aromatic heterocycles. The van der Waals surface area contributed by atoms with E-state index in [1.807, 2.05) is 18.8 Å². The third kappa shape index (κ3) is 2.82. The number of hydrogen-bond donors (Lipinski definition) is 2. The minimum absolute atomic E-state index is 0.0598.